The minimum Gasteiger partial charge on any atom is -0.381 e. The number of nitrogens with zero attached hydrogens (tertiary/aromatic N) is 2. The Kier molecular flexibility index (Phi) is 3.27. The third-order valence-electron chi connectivity index (χ3n) is 2.36. The van der Waals surface area contributed by atoms with E-state index in [0.29, 0.717) is 0 Å². The van der Waals surface area contributed by atoms with Gasteiger partial charge in [-0.25, -0.2) is 27.9 Å². The average Bonchev–Trinajstić information content (AvgIpc) is 2.16. The lowest BCUT2D eigenvalue weighted by molar-refractivity contribution is 0.0468. The maximum absolute atomic E-state index is 12.6. The molecule has 0 aliphatic rings. The molecule has 0 spiro atoms. The summed E-state index contributed by atoms with van der Waals surface area (Å²) in [4.78, 5) is 7.06. The van der Waals surface area contributed by atoms with E-state index in [1.807, 2.05) is 0 Å². The molecule has 0 amide bonds. The summed E-state index contributed by atoms with van der Waals surface area (Å²) in [6.45, 7) is 2.43. The largest absolute Gasteiger partial charge is 0.381 e. The number of halogens is 1. The van der Waals surface area contributed by atoms with Crippen molar-refractivity contribution in [2.75, 3.05) is 0 Å². The van der Waals surface area contributed by atoms with Crippen LogP contribution in [0.1, 0.15) is 19.7 Å². The van der Waals surface area contributed by atoms with Gasteiger partial charge >= 0.3 is 0 Å². The first kappa shape index (κ1) is 12.9. The standard InChI is InChI=1S/C8H12FN3O3S/c1-5(16(10,14)15)8(2,13)7-11-3-6(9)4-12-7/h3-5,13H,1-2H3,(H2,10,14,15)/t5-,8?/m0/s1. The third-order valence-corrected chi connectivity index (χ3v) is 3.80. The van der Waals surface area contributed by atoms with E-state index in [-0.39, 0.29) is 5.82 Å². The third kappa shape index (κ3) is 2.52. The van der Waals surface area contributed by atoms with Gasteiger partial charge in [-0.3, -0.25) is 0 Å². The zero-order valence-electron chi connectivity index (χ0n) is 8.75. The second-order valence-electron chi connectivity index (χ2n) is 3.60. The van der Waals surface area contributed by atoms with Crippen LogP contribution in [0.5, 0.6) is 0 Å². The molecule has 1 aromatic heterocycles. The van der Waals surface area contributed by atoms with Crippen molar-refractivity contribution in [2.45, 2.75) is 24.7 Å². The van der Waals surface area contributed by atoms with Crippen molar-refractivity contribution in [3.63, 3.8) is 0 Å². The number of hydrogen-bond donors (Lipinski definition) is 2. The highest BCUT2D eigenvalue weighted by molar-refractivity contribution is 7.89. The summed E-state index contributed by atoms with van der Waals surface area (Å²) < 4.78 is 34.8. The van der Waals surface area contributed by atoms with E-state index in [1.54, 1.807) is 0 Å². The summed E-state index contributed by atoms with van der Waals surface area (Å²) in [6.07, 6.45) is 1.68. The predicted octanol–water partition coefficient (Wildman–Crippen LogP) is -0.500. The molecule has 6 nitrogen and oxygen atoms in total. The van der Waals surface area contributed by atoms with E-state index in [2.05, 4.69) is 9.97 Å². The smallest absolute Gasteiger partial charge is 0.215 e. The Balaban J connectivity index is 3.16. The van der Waals surface area contributed by atoms with Gasteiger partial charge in [-0.15, -0.1) is 0 Å². The Morgan fingerprint density at radius 3 is 2.31 bits per heavy atom. The molecule has 0 saturated heterocycles. The molecule has 0 bridgehead atoms. The molecule has 0 fully saturated rings. The lowest BCUT2D eigenvalue weighted by Gasteiger charge is -2.26. The van der Waals surface area contributed by atoms with Gasteiger partial charge < -0.3 is 5.11 Å². The van der Waals surface area contributed by atoms with Gasteiger partial charge in [-0.05, 0) is 13.8 Å². The molecule has 90 valence electrons. The fraction of sp³-hybridized carbons (Fsp3) is 0.500. The van der Waals surface area contributed by atoms with Crippen molar-refractivity contribution in [2.24, 2.45) is 5.14 Å². The average molecular weight is 249 g/mol. The summed E-state index contributed by atoms with van der Waals surface area (Å²) in [7, 11) is -3.94. The summed E-state index contributed by atoms with van der Waals surface area (Å²) in [5.74, 6) is -0.877. The molecular formula is C8H12FN3O3S. The Morgan fingerprint density at radius 2 is 1.94 bits per heavy atom. The van der Waals surface area contributed by atoms with Gasteiger partial charge in [0, 0.05) is 0 Å². The fourth-order valence-electron chi connectivity index (χ4n) is 1.08. The number of rotatable bonds is 3. The summed E-state index contributed by atoms with van der Waals surface area (Å²) in [5.41, 5.74) is -1.87. The van der Waals surface area contributed by atoms with Crippen molar-refractivity contribution in [1.29, 1.82) is 0 Å². The predicted molar refractivity (Wildman–Crippen MR) is 54.1 cm³/mol. The lowest BCUT2D eigenvalue weighted by atomic mass is 10.0. The molecule has 0 aliphatic heterocycles. The number of sulfonamides is 1. The van der Waals surface area contributed by atoms with Gasteiger partial charge in [-0.1, -0.05) is 0 Å². The van der Waals surface area contributed by atoms with Crippen molar-refractivity contribution in [3.8, 4) is 0 Å². The van der Waals surface area contributed by atoms with Gasteiger partial charge in [0.2, 0.25) is 10.0 Å². The van der Waals surface area contributed by atoms with Crippen molar-refractivity contribution in [3.05, 3.63) is 24.0 Å². The first-order valence-electron chi connectivity index (χ1n) is 4.37. The van der Waals surface area contributed by atoms with E-state index < -0.39 is 26.7 Å². The molecule has 0 aliphatic carbocycles. The second-order valence-corrected chi connectivity index (χ2v) is 5.49. The topological polar surface area (TPSA) is 106 Å². The molecule has 1 heterocycles. The first-order valence-corrected chi connectivity index (χ1v) is 5.98. The Hall–Kier alpha value is -1.12. The summed E-state index contributed by atoms with van der Waals surface area (Å²) in [6, 6.07) is 0. The number of aliphatic hydroxyl groups is 1. The first-order chi connectivity index (χ1) is 7.15. The monoisotopic (exact) mass is 249 g/mol. The van der Waals surface area contributed by atoms with Gasteiger partial charge in [0.05, 0.1) is 12.4 Å². The van der Waals surface area contributed by atoms with Crippen LogP contribution in [0.15, 0.2) is 12.4 Å². The maximum Gasteiger partial charge on any atom is 0.215 e. The molecule has 1 aromatic rings. The van der Waals surface area contributed by atoms with Crippen molar-refractivity contribution in [1.82, 2.24) is 9.97 Å². The maximum atomic E-state index is 12.6. The van der Waals surface area contributed by atoms with Crippen LogP contribution in [0.2, 0.25) is 0 Å². The Morgan fingerprint density at radius 1 is 1.50 bits per heavy atom. The molecule has 1 rings (SSSR count). The summed E-state index contributed by atoms with van der Waals surface area (Å²) in [5, 5.41) is 13.6. The van der Waals surface area contributed by atoms with Crippen molar-refractivity contribution >= 4 is 10.0 Å². The van der Waals surface area contributed by atoms with E-state index in [1.165, 1.54) is 13.8 Å². The molecule has 16 heavy (non-hydrogen) atoms. The minimum atomic E-state index is -3.94. The molecule has 3 N–H and O–H groups in total. The second kappa shape index (κ2) is 4.04. The molecular weight excluding hydrogens is 237 g/mol. The molecule has 8 heteroatoms. The van der Waals surface area contributed by atoms with Gasteiger partial charge in [-0.2, -0.15) is 0 Å². The van der Waals surface area contributed by atoms with Crippen LogP contribution in [-0.2, 0) is 15.6 Å². The van der Waals surface area contributed by atoms with E-state index in [4.69, 9.17) is 5.14 Å². The van der Waals surface area contributed by atoms with E-state index in [0.717, 1.165) is 12.4 Å². The van der Waals surface area contributed by atoms with Crippen LogP contribution in [0.4, 0.5) is 4.39 Å². The van der Waals surface area contributed by atoms with Gasteiger partial charge in [0.15, 0.2) is 11.6 Å². The molecule has 0 radical (unpaired) electrons. The van der Waals surface area contributed by atoms with Crippen LogP contribution in [-0.4, -0.2) is 28.7 Å². The lowest BCUT2D eigenvalue weighted by Crippen LogP contribution is -2.44. The Bertz CT molecular complexity index is 472. The zero-order chi connectivity index (χ0) is 12.6. The summed E-state index contributed by atoms with van der Waals surface area (Å²) >= 11 is 0. The highest BCUT2D eigenvalue weighted by Crippen LogP contribution is 2.24. The van der Waals surface area contributed by atoms with E-state index in [9.17, 15) is 17.9 Å². The fourth-order valence-corrected chi connectivity index (χ4v) is 1.82. The van der Waals surface area contributed by atoms with Crippen LogP contribution in [0.25, 0.3) is 0 Å². The van der Waals surface area contributed by atoms with Crippen LogP contribution in [0.3, 0.4) is 0 Å². The zero-order valence-corrected chi connectivity index (χ0v) is 9.57. The van der Waals surface area contributed by atoms with Crippen LogP contribution in [0, 0.1) is 5.82 Å². The van der Waals surface area contributed by atoms with Crippen LogP contribution < -0.4 is 5.14 Å². The highest BCUT2D eigenvalue weighted by Gasteiger charge is 2.40. The van der Waals surface area contributed by atoms with Gasteiger partial charge in [0.25, 0.3) is 0 Å². The number of nitrogens with two attached hydrogens (primary N) is 1. The van der Waals surface area contributed by atoms with E-state index >= 15 is 0 Å². The number of aromatic nitrogens is 2. The quantitative estimate of drug-likeness (QED) is 0.751. The normalized spacial score (nSPS) is 17.8. The molecule has 1 unspecified atom stereocenters. The van der Waals surface area contributed by atoms with Crippen molar-refractivity contribution < 1.29 is 17.9 Å². The SMILES string of the molecule is C[C@@H](C(C)(O)c1ncc(F)cn1)S(N)(=O)=O. The number of hydrogen-bond acceptors (Lipinski definition) is 5. The van der Waals surface area contributed by atoms with Crippen LogP contribution >= 0.6 is 0 Å². The van der Waals surface area contributed by atoms with Gasteiger partial charge in [0.1, 0.15) is 10.9 Å². The Labute approximate surface area is 92.4 Å². The number of primary sulfonamides is 1. The highest BCUT2D eigenvalue weighted by atomic mass is 32.2. The minimum absolute atomic E-state index is 0.199. The molecule has 0 aromatic carbocycles. The molecule has 2 atom stereocenters. The molecule has 0 saturated carbocycles.